The second kappa shape index (κ2) is 25.4. The fraction of sp³-hybridized carbons (Fsp3) is 0.857. The molecule has 1 N–H and O–H groups in total. The first-order valence-electron chi connectivity index (χ1n) is 10.8. The Hall–Kier alpha value is 1.12. The average Bonchev–Trinajstić information content (AvgIpc) is 2.63. The van der Waals surface area contributed by atoms with E-state index in [0.717, 1.165) is 25.7 Å². The Labute approximate surface area is 224 Å². The van der Waals surface area contributed by atoms with E-state index in [1.807, 2.05) is 0 Å². The van der Waals surface area contributed by atoms with Gasteiger partial charge in [-0.25, -0.2) is 0 Å². The van der Waals surface area contributed by atoms with Crippen LogP contribution in [-0.2, 0) is 19.1 Å². The van der Waals surface area contributed by atoms with Gasteiger partial charge in [0.1, 0.15) is 0 Å². The Balaban J connectivity index is -0.00000338. The predicted molar refractivity (Wildman–Crippen MR) is 128 cm³/mol. The summed E-state index contributed by atoms with van der Waals surface area (Å²) in [5.74, 6) is -0.814. The van der Waals surface area contributed by atoms with Crippen LogP contribution in [0.15, 0.2) is 12.2 Å². The van der Waals surface area contributed by atoms with E-state index in [1.165, 1.54) is 51.4 Å². The Morgan fingerprint density at radius 1 is 0.828 bits per heavy atom. The van der Waals surface area contributed by atoms with Crippen molar-refractivity contribution >= 4 is 75.2 Å². The van der Waals surface area contributed by atoms with Crippen LogP contribution < -0.4 is 5.32 Å². The number of carbonyl (C=O) groups excluding carboxylic acids is 1. The summed E-state index contributed by atoms with van der Waals surface area (Å²) in [6.07, 6.45) is 20.2. The van der Waals surface area contributed by atoms with Gasteiger partial charge in [0.15, 0.2) is 0 Å². The van der Waals surface area contributed by atoms with Gasteiger partial charge in [0.2, 0.25) is 0 Å². The van der Waals surface area contributed by atoms with Crippen LogP contribution in [0, 0.1) is 0 Å². The number of unbranched alkanes of at least 4 members (excludes halogenated alkanes) is 11. The van der Waals surface area contributed by atoms with Crippen LogP contribution in [0.5, 0.6) is 0 Å². The third kappa shape index (κ3) is 27.1. The summed E-state index contributed by atoms with van der Waals surface area (Å²) in [7, 11) is -2.08. The zero-order valence-corrected chi connectivity index (χ0v) is 18.3. The third-order valence-electron chi connectivity index (χ3n) is 4.46. The first kappa shape index (κ1) is 34.7. The first-order valence-corrected chi connectivity index (χ1v) is 12.3. The molecule has 0 heterocycles. The monoisotopic (exact) mass is 451 g/mol. The van der Waals surface area contributed by atoms with E-state index in [4.69, 9.17) is 0 Å². The molecule has 0 saturated carbocycles. The molecule has 0 aromatic heterocycles. The van der Waals surface area contributed by atoms with Gasteiger partial charge in [-0.05, 0) is 39.2 Å². The molecule has 0 aromatic rings. The van der Waals surface area contributed by atoms with E-state index >= 15 is 0 Å². The summed E-state index contributed by atoms with van der Waals surface area (Å²) in [5.41, 5.74) is 0. The Bertz CT molecular complexity index is 485. The van der Waals surface area contributed by atoms with E-state index in [-0.39, 0.29) is 77.8 Å². The first-order chi connectivity index (χ1) is 13.0. The number of hydrogen-bond acceptors (Lipinski definition) is 5. The summed E-state index contributed by atoms with van der Waals surface area (Å²) in [6, 6.07) is 0. The Morgan fingerprint density at radius 3 is 1.83 bits per heavy atom. The summed E-state index contributed by atoms with van der Waals surface area (Å²) >= 11 is 0. The maximum atomic E-state index is 11.5. The molecule has 0 saturated heterocycles. The molecule has 0 fully saturated rings. The van der Waals surface area contributed by atoms with Crippen molar-refractivity contribution in [1.29, 1.82) is 0 Å². The molecule has 0 unspecified atom stereocenters. The summed E-state index contributed by atoms with van der Waals surface area (Å²) in [4.78, 5) is 11.5. The Morgan fingerprint density at radius 2 is 1.31 bits per heavy atom. The second-order valence-electron chi connectivity index (χ2n) is 7.15. The minimum atomic E-state index is -3.73. The molecule has 0 rings (SSSR count). The van der Waals surface area contributed by atoms with Crippen LogP contribution in [0.4, 0.5) is 0 Å². The molecule has 8 heteroatoms. The van der Waals surface area contributed by atoms with Crippen LogP contribution in [0.25, 0.3) is 0 Å². The van der Waals surface area contributed by atoms with Crippen molar-refractivity contribution in [3.05, 3.63) is 12.2 Å². The van der Waals surface area contributed by atoms with E-state index < -0.39 is 16.1 Å². The quantitative estimate of drug-likeness (QED) is 0.140. The SMILES string of the molecule is CCCCCCCC/C=C\CCCCCCCC(=O)OS(=O)(=O)CCNC.[NaH].[NaH]. The molecule has 0 aromatic carbocycles. The molecule has 0 radical (unpaired) electrons. The Kier molecular flexibility index (Phi) is 30.4. The minimum absolute atomic E-state index is 0. The number of carbonyl (C=O) groups is 1. The summed E-state index contributed by atoms with van der Waals surface area (Å²) < 4.78 is 27.5. The molecule has 0 amide bonds. The van der Waals surface area contributed by atoms with Crippen molar-refractivity contribution in [2.45, 2.75) is 96.8 Å². The van der Waals surface area contributed by atoms with Crippen LogP contribution in [-0.4, -0.2) is 92.8 Å². The molecule has 0 aliphatic rings. The zero-order chi connectivity index (χ0) is 20.2. The van der Waals surface area contributed by atoms with Crippen LogP contribution in [0.2, 0.25) is 0 Å². The molecule has 0 aliphatic heterocycles. The van der Waals surface area contributed by atoms with Gasteiger partial charge in [0.25, 0.3) is 0 Å². The van der Waals surface area contributed by atoms with Gasteiger partial charge in [-0.2, -0.15) is 8.42 Å². The summed E-state index contributed by atoms with van der Waals surface area (Å²) in [6.45, 7) is 2.53. The van der Waals surface area contributed by atoms with Gasteiger partial charge in [-0.15, -0.1) is 0 Å². The number of hydrogen-bond donors (Lipinski definition) is 1. The zero-order valence-electron chi connectivity index (χ0n) is 17.5. The van der Waals surface area contributed by atoms with Crippen LogP contribution in [0.1, 0.15) is 96.8 Å². The van der Waals surface area contributed by atoms with E-state index in [0.29, 0.717) is 6.42 Å². The molecule has 29 heavy (non-hydrogen) atoms. The second-order valence-corrected chi connectivity index (χ2v) is 8.85. The average molecular weight is 452 g/mol. The van der Waals surface area contributed by atoms with E-state index in [1.54, 1.807) is 7.05 Å². The fourth-order valence-corrected chi connectivity index (χ4v) is 3.70. The molecule has 0 aliphatic carbocycles. The standard InChI is InChI=1S/C21H41NO4S.2Na.2H/c1-3-4-5-6-7-8-9-10-11-12-13-14-15-16-17-18-21(23)26-27(24,25)20-19-22-2;;;;/h10-11,22H,3-9,12-20H2,1-2H3;;;;/b11-10-;;;;. The van der Waals surface area contributed by atoms with Crippen molar-refractivity contribution in [2.75, 3.05) is 19.3 Å². The fourth-order valence-electron chi connectivity index (χ4n) is 2.79. The van der Waals surface area contributed by atoms with Crippen molar-refractivity contribution in [1.82, 2.24) is 5.32 Å². The van der Waals surface area contributed by atoms with Gasteiger partial charge in [-0.1, -0.05) is 70.4 Å². The van der Waals surface area contributed by atoms with Crippen LogP contribution in [0.3, 0.4) is 0 Å². The maximum absolute atomic E-state index is 11.5. The third-order valence-corrected chi connectivity index (χ3v) is 5.61. The molecular formula is C21H43NNa2O4S. The van der Waals surface area contributed by atoms with Crippen molar-refractivity contribution < 1.29 is 17.4 Å². The molecule has 0 spiro atoms. The van der Waals surface area contributed by atoms with Crippen molar-refractivity contribution in [3.8, 4) is 0 Å². The van der Waals surface area contributed by atoms with Gasteiger partial charge in [0, 0.05) is 13.0 Å². The number of allylic oxidation sites excluding steroid dienone is 2. The van der Waals surface area contributed by atoms with Crippen molar-refractivity contribution in [3.63, 3.8) is 0 Å². The number of nitrogens with one attached hydrogen (secondary N) is 1. The van der Waals surface area contributed by atoms with Gasteiger partial charge in [0.05, 0.1) is 5.75 Å². The van der Waals surface area contributed by atoms with Crippen LogP contribution >= 0.6 is 0 Å². The molecule has 0 atom stereocenters. The van der Waals surface area contributed by atoms with E-state index in [9.17, 15) is 13.2 Å². The van der Waals surface area contributed by atoms with E-state index in [2.05, 4.69) is 28.6 Å². The van der Waals surface area contributed by atoms with Crippen molar-refractivity contribution in [2.24, 2.45) is 0 Å². The molecule has 0 bridgehead atoms. The normalized spacial score (nSPS) is 11.1. The topological polar surface area (TPSA) is 72.5 Å². The summed E-state index contributed by atoms with van der Waals surface area (Å²) in [5, 5.41) is 2.72. The van der Waals surface area contributed by atoms with Gasteiger partial charge >= 0.3 is 75.2 Å². The predicted octanol–water partition coefficient (Wildman–Crippen LogP) is 3.82. The molecule has 5 nitrogen and oxygen atoms in total. The molecular weight excluding hydrogens is 408 g/mol. The number of rotatable bonds is 19. The molecule has 164 valence electrons. The van der Waals surface area contributed by atoms with Gasteiger partial charge in [-0.3, -0.25) is 4.79 Å². The van der Waals surface area contributed by atoms with Gasteiger partial charge < -0.3 is 9.50 Å².